The average molecular weight is 313 g/mol. The van der Waals surface area contributed by atoms with Gasteiger partial charge in [-0.15, -0.1) is 0 Å². The van der Waals surface area contributed by atoms with Crippen LogP contribution in [0.2, 0.25) is 0 Å². The molecular weight excluding hydrogens is 286 g/mol. The van der Waals surface area contributed by atoms with E-state index in [0.717, 1.165) is 5.57 Å². The van der Waals surface area contributed by atoms with Gasteiger partial charge in [-0.05, 0) is 24.3 Å². The van der Waals surface area contributed by atoms with Crippen LogP contribution in [0.4, 0.5) is 0 Å². The van der Waals surface area contributed by atoms with E-state index in [-0.39, 0.29) is 11.0 Å². The van der Waals surface area contributed by atoms with Crippen LogP contribution in [0.15, 0.2) is 61.7 Å². The minimum atomic E-state index is -0.894. The average Bonchev–Trinajstić information content (AvgIpc) is 2.47. The van der Waals surface area contributed by atoms with E-state index in [1.807, 2.05) is 45.9 Å². The number of carboxylic acid groups (broad SMARTS) is 1. The van der Waals surface area contributed by atoms with Gasteiger partial charge in [0.2, 0.25) is 0 Å². The van der Waals surface area contributed by atoms with E-state index < -0.39 is 5.97 Å². The lowest BCUT2D eigenvalue weighted by molar-refractivity contribution is -0.133. The molecule has 0 radical (unpaired) electrons. The highest BCUT2D eigenvalue weighted by atomic mass is 16.4. The fraction of sp³-hybridized carbons (Fsp3) is 0.300. The second-order valence-corrected chi connectivity index (χ2v) is 6.13. The maximum absolute atomic E-state index is 10.3. The quantitative estimate of drug-likeness (QED) is 0.593. The molecule has 0 aliphatic carbocycles. The molecule has 0 heterocycles. The van der Waals surface area contributed by atoms with E-state index in [1.165, 1.54) is 11.6 Å². The van der Waals surface area contributed by atoms with Crippen molar-refractivity contribution in [3.8, 4) is 6.07 Å². The molecule has 1 aromatic rings. The van der Waals surface area contributed by atoms with E-state index in [2.05, 4.69) is 31.9 Å². The van der Waals surface area contributed by atoms with E-state index in [9.17, 15) is 4.79 Å². The summed E-state index contributed by atoms with van der Waals surface area (Å²) in [6.45, 7) is 18.4. The monoisotopic (exact) mass is 313 g/mol. The predicted molar refractivity (Wildman–Crippen MR) is 97.8 cm³/mol. The normalized spacial score (nSPS) is 9.00. The van der Waals surface area contributed by atoms with Crippen molar-refractivity contribution in [1.82, 2.24) is 0 Å². The molecule has 1 aromatic carbocycles. The lowest BCUT2D eigenvalue weighted by Crippen LogP contribution is -2.10. The van der Waals surface area contributed by atoms with Crippen LogP contribution in [-0.4, -0.2) is 11.1 Å². The van der Waals surface area contributed by atoms with Crippen molar-refractivity contribution in [1.29, 1.82) is 5.26 Å². The number of carboxylic acids is 1. The Labute approximate surface area is 140 Å². The lowest BCUT2D eigenvalue weighted by atomic mass is 9.88. The van der Waals surface area contributed by atoms with Gasteiger partial charge in [0, 0.05) is 11.6 Å². The van der Waals surface area contributed by atoms with Crippen LogP contribution in [0.1, 0.15) is 39.7 Å². The number of aliphatic carboxylic acids is 1. The van der Waals surface area contributed by atoms with Gasteiger partial charge >= 0.3 is 5.97 Å². The van der Waals surface area contributed by atoms with Crippen molar-refractivity contribution in [2.45, 2.75) is 34.1 Å². The molecule has 1 N–H and O–H groups in total. The third-order valence-electron chi connectivity index (χ3n) is 2.40. The van der Waals surface area contributed by atoms with Gasteiger partial charge < -0.3 is 5.11 Å². The zero-order chi connectivity index (χ0) is 18.5. The first-order valence-corrected chi connectivity index (χ1v) is 7.17. The van der Waals surface area contributed by atoms with Crippen LogP contribution in [0.3, 0.4) is 0 Å². The van der Waals surface area contributed by atoms with Crippen LogP contribution < -0.4 is 0 Å². The number of rotatable bonds is 3. The zero-order valence-corrected chi connectivity index (χ0v) is 14.6. The molecule has 0 saturated heterocycles. The largest absolute Gasteiger partial charge is 0.478 e. The Bertz CT molecular complexity index is 558. The number of hydrogen-bond donors (Lipinski definition) is 1. The Morgan fingerprint density at radius 1 is 1.26 bits per heavy atom. The SMILES string of the molecule is C=C(C)c1ccccc1.C=C(CC(C)(C)C)C(=O)O.C=CC#N. The molecule has 0 saturated carbocycles. The molecule has 0 amide bonds. The van der Waals surface area contributed by atoms with Crippen LogP contribution >= 0.6 is 0 Å². The first-order valence-electron chi connectivity index (χ1n) is 7.17. The molecular formula is C20H27NO2. The molecule has 0 bridgehead atoms. The summed E-state index contributed by atoms with van der Waals surface area (Å²) in [7, 11) is 0. The molecule has 3 nitrogen and oxygen atoms in total. The lowest BCUT2D eigenvalue weighted by Gasteiger charge is -2.17. The Kier molecular flexibility index (Phi) is 11.8. The molecule has 0 atom stereocenters. The van der Waals surface area contributed by atoms with Crippen LogP contribution in [0, 0.1) is 16.7 Å². The summed E-state index contributed by atoms with van der Waals surface area (Å²) in [5, 5.41) is 16.0. The van der Waals surface area contributed by atoms with Gasteiger partial charge in [-0.3, -0.25) is 0 Å². The van der Waals surface area contributed by atoms with Crippen LogP contribution in [0.5, 0.6) is 0 Å². The molecule has 0 spiro atoms. The van der Waals surface area contributed by atoms with Crippen molar-refractivity contribution in [2.24, 2.45) is 5.41 Å². The number of nitriles is 1. The smallest absolute Gasteiger partial charge is 0.330 e. The van der Waals surface area contributed by atoms with Crippen LogP contribution in [0.25, 0.3) is 5.57 Å². The summed E-state index contributed by atoms with van der Waals surface area (Å²) in [4.78, 5) is 10.3. The van der Waals surface area contributed by atoms with Gasteiger partial charge in [0.1, 0.15) is 0 Å². The molecule has 0 aliphatic rings. The molecule has 0 unspecified atom stereocenters. The first-order chi connectivity index (χ1) is 10.5. The standard InChI is InChI=1S/C9H10.C8H14O2.C3H3N/c1-8(2)9-6-4-3-5-7-9;1-6(7(9)10)5-8(2,3)4;1-2-3-4/h3-7H,1H2,2H3;1,5H2,2-4H3,(H,9,10);2H,1H2. The minimum absolute atomic E-state index is 0.0233. The Balaban J connectivity index is 0. The van der Waals surface area contributed by atoms with Crippen LogP contribution in [-0.2, 0) is 4.79 Å². The van der Waals surface area contributed by atoms with E-state index in [1.54, 1.807) is 6.07 Å². The molecule has 0 fully saturated rings. The Morgan fingerprint density at radius 3 is 1.87 bits per heavy atom. The maximum atomic E-state index is 10.3. The summed E-state index contributed by atoms with van der Waals surface area (Å²) in [5.41, 5.74) is 2.65. The third-order valence-corrected chi connectivity index (χ3v) is 2.40. The zero-order valence-electron chi connectivity index (χ0n) is 14.6. The molecule has 1 rings (SSSR count). The summed E-state index contributed by atoms with van der Waals surface area (Å²) >= 11 is 0. The Morgan fingerprint density at radius 2 is 1.70 bits per heavy atom. The molecule has 23 heavy (non-hydrogen) atoms. The summed E-state index contributed by atoms with van der Waals surface area (Å²) in [6.07, 6.45) is 1.72. The number of carbonyl (C=O) groups is 1. The number of benzene rings is 1. The summed E-state index contributed by atoms with van der Waals surface area (Å²) < 4.78 is 0. The summed E-state index contributed by atoms with van der Waals surface area (Å²) in [5.74, 6) is -0.894. The second kappa shape index (κ2) is 12.0. The van der Waals surface area contributed by atoms with Gasteiger partial charge in [0.05, 0.1) is 6.07 Å². The number of allylic oxidation sites excluding steroid dienone is 2. The van der Waals surface area contributed by atoms with E-state index in [0.29, 0.717) is 6.42 Å². The molecule has 0 aliphatic heterocycles. The fourth-order valence-corrected chi connectivity index (χ4v) is 1.44. The van der Waals surface area contributed by atoms with E-state index in [4.69, 9.17) is 10.4 Å². The topological polar surface area (TPSA) is 61.1 Å². The van der Waals surface area contributed by atoms with Crippen molar-refractivity contribution < 1.29 is 9.90 Å². The van der Waals surface area contributed by atoms with Crippen molar-refractivity contribution in [3.63, 3.8) is 0 Å². The van der Waals surface area contributed by atoms with Crippen molar-refractivity contribution in [2.75, 3.05) is 0 Å². The van der Waals surface area contributed by atoms with Crippen molar-refractivity contribution >= 4 is 11.5 Å². The fourth-order valence-electron chi connectivity index (χ4n) is 1.44. The Hall–Kier alpha value is -2.60. The molecule has 124 valence electrons. The van der Waals surface area contributed by atoms with Gasteiger partial charge in [-0.2, -0.15) is 5.26 Å². The van der Waals surface area contributed by atoms with Gasteiger partial charge in [-0.25, -0.2) is 4.79 Å². The highest BCUT2D eigenvalue weighted by molar-refractivity contribution is 5.85. The second-order valence-electron chi connectivity index (χ2n) is 6.13. The highest BCUT2D eigenvalue weighted by Crippen LogP contribution is 2.22. The van der Waals surface area contributed by atoms with E-state index >= 15 is 0 Å². The summed E-state index contributed by atoms with van der Waals surface area (Å²) in [6, 6.07) is 11.9. The van der Waals surface area contributed by atoms with Gasteiger partial charge in [-0.1, -0.05) is 76.4 Å². The molecule has 3 heteroatoms. The predicted octanol–water partition coefficient (Wildman–Crippen LogP) is 5.48. The minimum Gasteiger partial charge on any atom is -0.478 e. The number of hydrogen-bond acceptors (Lipinski definition) is 2. The maximum Gasteiger partial charge on any atom is 0.330 e. The first kappa shape index (κ1) is 22.7. The third kappa shape index (κ3) is 15.6. The van der Waals surface area contributed by atoms with Gasteiger partial charge in [0.25, 0.3) is 0 Å². The molecule has 0 aromatic heterocycles. The highest BCUT2D eigenvalue weighted by Gasteiger charge is 2.15. The van der Waals surface area contributed by atoms with Gasteiger partial charge in [0.15, 0.2) is 0 Å². The van der Waals surface area contributed by atoms with Crippen molar-refractivity contribution in [3.05, 3.63) is 67.3 Å². The number of nitrogens with zero attached hydrogens (tertiary/aromatic N) is 1.